The Kier molecular flexibility index (Phi) is 4.09. The van der Waals surface area contributed by atoms with Gasteiger partial charge in [0, 0.05) is 22.5 Å². The number of hydrogen-bond donors (Lipinski definition) is 0. The van der Waals surface area contributed by atoms with Gasteiger partial charge in [-0.15, -0.1) is 0 Å². The maximum atomic E-state index is 10.3. The molecule has 0 spiro atoms. The second-order valence-corrected chi connectivity index (χ2v) is 5.39. The summed E-state index contributed by atoms with van der Waals surface area (Å²) in [5, 5.41) is 0. The van der Waals surface area contributed by atoms with Crippen molar-refractivity contribution in [2.45, 2.75) is 6.92 Å². The molecule has 0 saturated heterocycles. The van der Waals surface area contributed by atoms with Gasteiger partial charge in [-0.3, -0.25) is 0 Å². The fourth-order valence-corrected chi connectivity index (χ4v) is 0.795. The summed E-state index contributed by atoms with van der Waals surface area (Å²) in [6.07, 6.45) is -4.91. The van der Waals surface area contributed by atoms with Crippen molar-refractivity contribution >= 4 is 34.7 Å². The first-order chi connectivity index (χ1) is 4.45. The molecule has 0 bridgehead atoms. The summed E-state index contributed by atoms with van der Waals surface area (Å²) in [6, 6.07) is 0. The van der Waals surface area contributed by atoms with Crippen LogP contribution in [0.5, 0.6) is 0 Å². The number of halogens is 2. The zero-order chi connectivity index (χ0) is 8.20. The molecule has 0 aliphatic heterocycles. The summed E-state index contributed by atoms with van der Waals surface area (Å²) >= 11 is 9.72. The summed E-state index contributed by atoms with van der Waals surface area (Å²) in [5.74, 6) is 0. The van der Waals surface area contributed by atoms with Gasteiger partial charge in [0.05, 0.1) is 6.61 Å². The molecular formula is C3H5Cl2O4P. The highest BCUT2D eigenvalue weighted by atomic mass is 35.9. The summed E-state index contributed by atoms with van der Waals surface area (Å²) < 4.78 is 18.4. The number of rotatable bonds is 2. The van der Waals surface area contributed by atoms with Gasteiger partial charge in [0.1, 0.15) is 0 Å². The van der Waals surface area contributed by atoms with Crippen molar-refractivity contribution in [3.63, 3.8) is 0 Å². The van der Waals surface area contributed by atoms with Crippen molar-refractivity contribution in [2.24, 2.45) is 0 Å². The predicted octanol–water partition coefficient (Wildman–Crippen LogP) is 2.75. The van der Waals surface area contributed by atoms with E-state index in [1.807, 2.05) is 0 Å². The molecule has 7 heteroatoms. The molecule has 4 nitrogen and oxygen atoms in total. The van der Waals surface area contributed by atoms with Crippen LogP contribution < -0.4 is 0 Å². The smallest absolute Gasteiger partial charge is 0.434 e. The molecular weight excluding hydrogens is 202 g/mol. The maximum Gasteiger partial charge on any atom is 0.514 e. The van der Waals surface area contributed by atoms with Gasteiger partial charge in [-0.2, -0.15) is 0 Å². The number of hydrogen-bond acceptors (Lipinski definition) is 4. The lowest BCUT2D eigenvalue weighted by Crippen LogP contribution is -2.01. The van der Waals surface area contributed by atoms with E-state index in [2.05, 4.69) is 9.26 Å². The van der Waals surface area contributed by atoms with Crippen LogP contribution in [0.15, 0.2) is 0 Å². The SMILES string of the molecule is CCOC(=O)OP(=O)(Cl)Cl. The lowest BCUT2D eigenvalue weighted by atomic mass is 10.9. The van der Waals surface area contributed by atoms with E-state index < -0.39 is 12.2 Å². The lowest BCUT2D eigenvalue weighted by molar-refractivity contribution is 0.108. The average molecular weight is 207 g/mol. The molecule has 0 radical (unpaired) electrons. The largest absolute Gasteiger partial charge is 0.514 e. The van der Waals surface area contributed by atoms with Gasteiger partial charge < -0.3 is 9.26 Å². The second-order valence-electron chi connectivity index (χ2n) is 1.19. The van der Waals surface area contributed by atoms with Crippen molar-refractivity contribution < 1.29 is 18.6 Å². The van der Waals surface area contributed by atoms with Gasteiger partial charge in [-0.05, 0) is 6.92 Å². The molecule has 0 aromatic heterocycles. The van der Waals surface area contributed by atoms with E-state index in [1.54, 1.807) is 6.92 Å². The van der Waals surface area contributed by atoms with E-state index in [0.717, 1.165) is 0 Å². The molecule has 10 heavy (non-hydrogen) atoms. The molecule has 0 N–H and O–H groups in total. The molecule has 0 unspecified atom stereocenters. The molecule has 0 aliphatic carbocycles. The number of ether oxygens (including phenoxy) is 1. The second kappa shape index (κ2) is 4.06. The van der Waals surface area contributed by atoms with Crippen LogP contribution in [-0.2, 0) is 13.8 Å². The predicted molar refractivity (Wildman–Crippen MR) is 37.4 cm³/mol. The Hall–Kier alpha value is 0.0800. The zero-order valence-corrected chi connectivity index (χ0v) is 7.45. The first kappa shape index (κ1) is 10.1. The zero-order valence-electron chi connectivity index (χ0n) is 5.04. The van der Waals surface area contributed by atoms with Crippen LogP contribution in [0.25, 0.3) is 0 Å². The van der Waals surface area contributed by atoms with Crippen molar-refractivity contribution in [3.05, 3.63) is 0 Å². The Labute approximate surface area is 67.4 Å². The fourth-order valence-electron chi connectivity index (χ4n) is 0.231. The average Bonchev–Trinajstić information content (AvgIpc) is 1.59. The molecule has 0 amide bonds. The van der Waals surface area contributed by atoms with Crippen molar-refractivity contribution in [2.75, 3.05) is 6.61 Å². The van der Waals surface area contributed by atoms with Gasteiger partial charge in [-0.25, -0.2) is 9.36 Å². The third-order valence-corrected chi connectivity index (χ3v) is 1.22. The molecule has 0 heterocycles. The van der Waals surface area contributed by atoms with Crippen LogP contribution in [0.3, 0.4) is 0 Å². The lowest BCUT2D eigenvalue weighted by Gasteiger charge is -2.02. The topological polar surface area (TPSA) is 52.6 Å². The van der Waals surface area contributed by atoms with Crippen molar-refractivity contribution in [1.29, 1.82) is 0 Å². The minimum absolute atomic E-state index is 0.118. The molecule has 60 valence electrons. The van der Waals surface area contributed by atoms with Gasteiger partial charge in [0.25, 0.3) is 0 Å². The van der Waals surface area contributed by atoms with Crippen LogP contribution >= 0.6 is 28.6 Å². The van der Waals surface area contributed by atoms with Crippen LogP contribution in [0, 0.1) is 0 Å². The van der Waals surface area contributed by atoms with E-state index in [4.69, 9.17) is 22.5 Å². The van der Waals surface area contributed by atoms with Gasteiger partial charge in [-0.1, -0.05) is 0 Å². The molecule has 0 saturated carbocycles. The Balaban J connectivity index is 3.70. The number of carbonyl (C=O) groups excluding carboxylic acids is 1. The van der Waals surface area contributed by atoms with E-state index in [1.165, 1.54) is 0 Å². The first-order valence-corrected chi connectivity index (χ1v) is 5.75. The summed E-state index contributed by atoms with van der Waals surface area (Å²) in [7, 11) is 0. The first-order valence-electron chi connectivity index (χ1n) is 2.31. The van der Waals surface area contributed by atoms with Crippen LogP contribution in [-0.4, -0.2) is 12.8 Å². The van der Waals surface area contributed by atoms with E-state index in [0.29, 0.717) is 0 Å². The van der Waals surface area contributed by atoms with Crippen molar-refractivity contribution in [3.8, 4) is 0 Å². The van der Waals surface area contributed by atoms with Crippen LogP contribution in [0.2, 0.25) is 0 Å². The minimum Gasteiger partial charge on any atom is -0.434 e. The molecule has 0 fully saturated rings. The Bertz CT molecular complexity index is 164. The van der Waals surface area contributed by atoms with Crippen LogP contribution in [0.1, 0.15) is 6.92 Å². The molecule has 0 aromatic carbocycles. The van der Waals surface area contributed by atoms with E-state index in [-0.39, 0.29) is 6.61 Å². The summed E-state index contributed by atoms with van der Waals surface area (Å²) in [6.45, 7) is 1.68. The third kappa shape index (κ3) is 6.20. The highest BCUT2D eigenvalue weighted by molar-refractivity contribution is 8.05. The number of carbonyl (C=O) groups is 1. The Morgan fingerprint density at radius 2 is 2.10 bits per heavy atom. The van der Waals surface area contributed by atoms with E-state index in [9.17, 15) is 9.36 Å². The molecule has 0 rings (SSSR count). The van der Waals surface area contributed by atoms with Gasteiger partial charge in [0.15, 0.2) is 0 Å². The Morgan fingerprint density at radius 1 is 1.60 bits per heavy atom. The molecule has 0 aliphatic rings. The summed E-state index contributed by atoms with van der Waals surface area (Å²) in [4.78, 5) is 10.3. The third-order valence-electron chi connectivity index (χ3n) is 0.443. The monoisotopic (exact) mass is 206 g/mol. The fraction of sp³-hybridized carbons (Fsp3) is 0.667. The normalized spacial score (nSPS) is 10.7. The standard InChI is InChI=1S/C3H5Cl2O4P/c1-2-8-3(6)9-10(4,5)7/h2H2,1H3. The van der Waals surface area contributed by atoms with Crippen molar-refractivity contribution in [1.82, 2.24) is 0 Å². The summed E-state index contributed by atoms with van der Waals surface area (Å²) in [5.41, 5.74) is 0. The quantitative estimate of drug-likeness (QED) is 0.515. The van der Waals surface area contributed by atoms with E-state index >= 15 is 0 Å². The highest BCUT2D eigenvalue weighted by Crippen LogP contribution is 2.57. The van der Waals surface area contributed by atoms with Crippen LogP contribution in [0.4, 0.5) is 4.79 Å². The highest BCUT2D eigenvalue weighted by Gasteiger charge is 2.20. The molecule has 0 aromatic rings. The minimum atomic E-state index is -3.78. The Morgan fingerprint density at radius 3 is 2.40 bits per heavy atom. The van der Waals surface area contributed by atoms with Gasteiger partial charge >= 0.3 is 12.2 Å². The maximum absolute atomic E-state index is 10.3. The molecule has 0 atom stereocenters. The van der Waals surface area contributed by atoms with Gasteiger partial charge in [0.2, 0.25) is 0 Å².